The molecule has 0 aromatic carbocycles. The number of nitrogens with one attached hydrogen (secondary N) is 1. The van der Waals surface area contributed by atoms with Crippen LogP contribution in [-0.2, 0) is 6.42 Å². The topological polar surface area (TPSA) is 24.9 Å². The summed E-state index contributed by atoms with van der Waals surface area (Å²) < 4.78 is 0. The van der Waals surface area contributed by atoms with E-state index in [-0.39, 0.29) is 5.54 Å². The summed E-state index contributed by atoms with van der Waals surface area (Å²) in [6.07, 6.45) is 7.18. The van der Waals surface area contributed by atoms with Gasteiger partial charge in [0, 0.05) is 12.0 Å². The van der Waals surface area contributed by atoms with Crippen LogP contribution in [0.25, 0.3) is 6.08 Å². The molecule has 1 aromatic heterocycles. The van der Waals surface area contributed by atoms with E-state index < -0.39 is 0 Å². The van der Waals surface area contributed by atoms with Crippen LogP contribution in [0.15, 0.2) is 18.3 Å². The maximum Gasteiger partial charge on any atom is 0.0536 e. The Morgan fingerprint density at radius 1 is 1.36 bits per heavy atom. The van der Waals surface area contributed by atoms with Gasteiger partial charge in [0.25, 0.3) is 0 Å². The molecule has 0 radical (unpaired) electrons. The second kappa shape index (κ2) is 3.12. The van der Waals surface area contributed by atoms with Gasteiger partial charge in [0.1, 0.15) is 0 Å². The molecule has 1 heterocycles. The van der Waals surface area contributed by atoms with Crippen LogP contribution in [0.5, 0.6) is 0 Å². The maximum absolute atomic E-state index is 4.42. The molecule has 0 atom stereocenters. The van der Waals surface area contributed by atoms with Crippen molar-refractivity contribution in [3.63, 3.8) is 0 Å². The number of fused-ring (bicyclic) bond motifs is 1. The molecule has 0 bridgehead atoms. The van der Waals surface area contributed by atoms with Crippen LogP contribution in [0.2, 0.25) is 0 Å². The van der Waals surface area contributed by atoms with Gasteiger partial charge in [-0.15, -0.1) is 0 Å². The van der Waals surface area contributed by atoms with Crippen LogP contribution in [-0.4, -0.2) is 10.5 Å². The highest BCUT2D eigenvalue weighted by Gasteiger charge is 2.12. The summed E-state index contributed by atoms with van der Waals surface area (Å²) in [6.45, 7) is 6.45. The van der Waals surface area contributed by atoms with Crippen molar-refractivity contribution in [1.82, 2.24) is 4.98 Å². The molecule has 1 aromatic rings. The highest BCUT2D eigenvalue weighted by atomic mass is 15.0. The van der Waals surface area contributed by atoms with Crippen molar-refractivity contribution in [1.29, 1.82) is 0 Å². The third kappa shape index (κ3) is 1.95. The zero-order chi connectivity index (χ0) is 10.2. The van der Waals surface area contributed by atoms with Crippen molar-refractivity contribution in [2.45, 2.75) is 32.7 Å². The van der Waals surface area contributed by atoms with E-state index in [1.165, 1.54) is 11.3 Å². The summed E-state index contributed by atoms with van der Waals surface area (Å²) in [5.74, 6) is 0. The minimum Gasteiger partial charge on any atom is -0.379 e. The first-order chi connectivity index (χ1) is 6.54. The highest BCUT2D eigenvalue weighted by molar-refractivity contribution is 5.62. The molecule has 14 heavy (non-hydrogen) atoms. The standard InChI is InChI=1S/C12H16N2/c1-12(2,3)14-10-7-9-5-4-6-11(9)13-8-10/h4-5,7-8,14H,6H2,1-3H3. The maximum atomic E-state index is 4.42. The lowest BCUT2D eigenvalue weighted by Crippen LogP contribution is -2.26. The molecule has 1 aliphatic rings. The molecular weight excluding hydrogens is 172 g/mol. The summed E-state index contributed by atoms with van der Waals surface area (Å²) in [5.41, 5.74) is 3.63. The summed E-state index contributed by atoms with van der Waals surface area (Å²) >= 11 is 0. The van der Waals surface area contributed by atoms with E-state index in [1.54, 1.807) is 0 Å². The first kappa shape index (κ1) is 9.25. The summed E-state index contributed by atoms with van der Waals surface area (Å²) in [5, 5.41) is 3.41. The Hall–Kier alpha value is -1.31. The number of pyridine rings is 1. The van der Waals surface area contributed by atoms with Gasteiger partial charge < -0.3 is 5.32 Å². The quantitative estimate of drug-likeness (QED) is 0.733. The number of rotatable bonds is 1. The number of hydrogen-bond acceptors (Lipinski definition) is 2. The van der Waals surface area contributed by atoms with Crippen molar-refractivity contribution in [3.8, 4) is 0 Å². The third-order valence-corrected chi connectivity index (χ3v) is 2.13. The van der Waals surface area contributed by atoms with Gasteiger partial charge in [-0.2, -0.15) is 0 Å². The molecule has 0 saturated heterocycles. The van der Waals surface area contributed by atoms with Crippen LogP contribution in [0.1, 0.15) is 32.0 Å². The minimum atomic E-state index is 0.0955. The Balaban J connectivity index is 2.25. The van der Waals surface area contributed by atoms with E-state index in [0.717, 1.165) is 12.1 Å². The predicted octanol–water partition coefficient (Wildman–Crippen LogP) is 2.86. The number of nitrogens with zero attached hydrogens (tertiary/aromatic N) is 1. The van der Waals surface area contributed by atoms with Gasteiger partial charge in [0.05, 0.1) is 17.6 Å². The molecule has 2 rings (SSSR count). The van der Waals surface area contributed by atoms with Gasteiger partial charge in [-0.1, -0.05) is 12.2 Å². The Morgan fingerprint density at radius 2 is 2.14 bits per heavy atom. The Kier molecular flexibility index (Phi) is 2.06. The van der Waals surface area contributed by atoms with E-state index in [0.29, 0.717) is 0 Å². The molecule has 0 unspecified atom stereocenters. The zero-order valence-corrected chi connectivity index (χ0v) is 8.96. The Morgan fingerprint density at radius 3 is 2.86 bits per heavy atom. The molecule has 2 nitrogen and oxygen atoms in total. The number of hydrogen-bond donors (Lipinski definition) is 1. The summed E-state index contributed by atoms with van der Waals surface area (Å²) in [7, 11) is 0. The van der Waals surface area contributed by atoms with Crippen molar-refractivity contribution in [2.24, 2.45) is 0 Å². The highest BCUT2D eigenvalue weighted by Crippen LogP contribution is 2.22. The van der Waals surface area contributed by atoms with E-state index in [4.69, 9.17) is 0 Å². The van der Waals surface area contributed by atoms with Crippen molar-refractivity contribution in [2.75, 3.05) is 5.32 Å². The van der Waals surface area contributed by atoms with Crippen molar-refractivity contribution >= 4 is 11.8 Å². The lowest BCUT2D eigenvalue weighted by atomic mass is 10.1. The molecule has 0 spiro atoms. The van der Waals surface area contributed by atoms with Gasteiger partial charge in [0.15, 0.2) is 0 Å². The fraction of sp³-hybridized carbons (Fsp3) is 0.417. The van der Waals surface area contributed by atoms with E-state index in [9.17, 15) is 0 Å². The second-order valence-electron chi connectivity index (χ2n) is 4.74. The number of allylic oxidation sites excluding steroid dienone is 1. The first-order valence-corrected chi connectivity index (χ1v) is 4.98. The van der Waals surface area contributed by atoms with Crippen molar-refractivity contribution < 1.29 is 0 Å². The average molecular weight is 188 g/mol. The fourth-order valence-electron chi connectivity index (χ4n) is 1.62. The fourth-order valence-corrected chi connectivity index (χ4v) is 1.62. The molecular formula is C12H16N2. The lowest BCUT2D eigenvalue weighted by molar-refractivity contribution is 0.633. The molecule has 0 fully saturated rings. The van der Waals surface area contributed by atoms with E-state index >= 15 is 0 Å². The van der Waals surface area contributed by atoms with Crippen LogP contribution < -0.4 is 5.32 Å². The molecule has 74 valence electrons. The molecule has 0 saturated carbocycles. The number of aromatic nitrogens is 1. The summed E-state index contributed by atoms with van der Waals surface area (Å²) in [4.78, 5) is 4.42. The van der Waals surface area contributed by atoms with E-state index in [2.05, 4.69) is 49.3 Å². The van der Waals surface area contributed by atoms with Crippen LogP contribution >= 0.6 is 0 Å². The van der Waals surface area contributed by atoms with Gasteiger partial charge in [-0.3, -0.25) is 4.98 Å². The monoisotopic (exact) mass is 188 g/mol. The third-order valence-electron chi connectivity index (χ3n) is 2.13. The van der Waals surface area contributed by atoms with Crippen molar-refractivity contribution in [3.05, 3.63) is 29.6 Å². The lowest BCUT2D eigenvalue weighted by Gasteiger charge is -2.22. The Labute approximate surface area is 85.1 Å². The van der Waals surface area contributed by atoms with Gasteiger partial charge in [-0.25, -0.2) is 0 Å². The first-order valence-electron chi connectivity index (χ1n) is 4.98. The van der Waals surface area contributed by atoms with Crippen LogP contribution in [0.4, 0.5) is 5.69 Å². The Bertz CT molecular complexity index is 372. The number of anilines is 1. The molecule has 1 N–H and O–H groups in total. The predicted molar refractivity (Wildman–Crippen MR) is 60.4 cm³/mol. The normalized spacial score (nSPS) is 14.2. The van der Waals surface area contributed by atoms with Gasteiger partial charge in [-0.05, 0) is 32.4 Å². The second-order valence-corrected chi connectivity index (χ2v) is 4.74. The molecule has 0 amide bonds. The van der Waals surface area contributed by atoms with Crippen LogP contribution in [0.3, 0.4) is 0 Å². The zero-order valence-electron chi connectivity index (χ0n) is 8.96. The SMILES string of the molecule is CC(C)(C)Nc1cnc2c(c1)C=CC2. The largest absolute Gasteiger partial charge is 0.379 e. The molecule has 2 heteroatoms. The van der Waals surface area contributed by atoms with Gasteiger partial charge in [0.2, 0.25) is 0 Å². The minimum absolute atomic E-state index is 0.0955. The molecule has 1 aliphatic carbocycles. The van der Waals surface area contributed by atoms with E-state index in [1.807, 2.05) is 6.20 Å². The molecule has 0 aliphatic heterocycles. The van der Waals surface area contributed by atoms with Gasteiger partial charge >= 0.3 is 0 Å². The average Bonchev–Trinajstić information content (AvgIpc) is 2.47. The summed E-state index contributed by atoms with van der Waals surface area (Å²) in [6, 6.07) is 2.16. The smallest absolute Gasteiger partial charge is 0.0536 e. The van der Waals surface area contributed by atoms with Crippen LogP contribution in [0, 0.1) is 0 Å².